The number of aromatic amines is 2. The Labute approximate surface area is 317 Å². The number of hydrogen-bond acceptors (Lipinski definition) is 12. The number of benzene rings is 1. The van der Waals surface area contributed by atoms with Crippen LogP contribution in [0.2, 0.25) is 0 Å². The maximum Gasteiger partial charge on any atom is 0.330 e. The van der Waals surface area contributed by atoms with Crippen LogP contribution in [0.1, 0.15) is 55.5 Å². The van der Waals surface area contributed by atoms with E-state index in [-0.39, 0.29) is 35.6 Å². The Morgan fingerprint density at radius 2 is 1.71 bits per heavy atom. The van der Waals surface area contributed by atoms with Crippen LogP contribution in [-0.2, 0) is 46.2 Å². The number of carbonyl (C=O) groups excluding carboxylic acids is 3. The molecule has 0 bridgehead atoms. The smallest absolute Gasteiger partial charge is 0.330 e. The van der Waals surface area contributed by atoms with Crippen molar-refractivity contribution in [3.63, 3.8) is 0 Å². The minimum absolute atomic E-state index is 0. The third-order valence-corrected chi connectivity index (χ3v) is 8.85. The highest BCUT2D eigenvalue weighted by atomic mass is 16.5. The molecule has 3 aromatic rings. The molecule has 1 aliphatic heterocycles. The fraction of sp³-hybridized carbons (Fsp3) is 0.541. The molecular weight excluding hydrogens is 720 g/mol. The van der Waals surface area contributed by atoms with Gasteiger partial charge in [-0.15, -0.1) is 0 Å². The molecule has 304 valence electrons. The summed E-state index contributed by atoms with van der Waals surface area (Å²) in [5.41, 5.74) is 7.30. The first-order valence-electron chi connectivity index (χ1n) is 18.2. The number of Topliss-reactive ketones (excluding diaryl/α,β-unsaturated/α-hetero) is 1. The lowest BCUT2D eigenvalue weighted by atomic mass is 10.0. The molecule has 4 unspecified atom stereocenters. The van der Waals surface area contributed by atoms with E-state index in [1.165, 1.54) is 25.3 Å². The van der Waals surface area contributed by atoms with E-state index in [1.807, 2.05) is 24.4 Å². The highest BCUT2D eigenvalue weighted by Gasteiger charge is 2.35. The predicted molar refractivity (Wildman–Crippen MR) is 202 cm³/mol. The number of unbranched alkanes of at least 4 members (excludes halogenated alkanes) is 1. The number of carbonyl (C=O) groups is 3. The number of aromatic nitrogens is 3. The first kappa shape index (κ1) is 44.9. The molecule has 18 heteroatoms. The third kappa shape index (κ3) is 14.2. The van der Waals surface area contributed by atoms with Gasteiger partial charge in [-0.25, -0.2) is 4.79 Å². The molecule has 2 amide bonds. The molecule has 1 fully saturated rings. The Kier molecular flexibility index (Phi) is 19.1. The second kappa shape index (κ2) is 23.4. The average Bonchev–Trinajstić information content (AvgIpc) is 3.73. The normalized spacial score (nSPS) is 17.3. The SMILES string of the molecule is CC(=O)C(N)Cc1c[nH]c2c(CC(=O)NCCCCOCCOCCOCCCNC(=O)/C=C/c3cn(C4CC(O)C(CO)O4)c(=O)[nH]c3=O)cccc12.O. The van der Waals surface area contributed by atoms with Crippen molar-refractivity contribution in [2.75, 3.05) is 59.3 Å². The zero-order chi connectivity index (χ0) is 38.9. The number of hydrogen-bond donors (Lipinski definition) is 7. The van der Waals surface area contributed by atoms with Gasteiger partial charge in [0.2, 0.25) is 11.8 Å². The quantitative estimate of drug-likeness (QED) is 0.0427. The molecule has 1 saturated heterocycles. The number of nitrogens with one attached hydrogen (secondary N) is 4. The number of fused-ring (bicyclic) bond motifs is 1. The van der Waals surface area contributed by atoms with Crippen LogP contribution in [0.25, 0.3) is 17.0 Å². The van der Waals surface area contributed by atoms with Gasteiger partial charge in [0.1, 0.15) is 18.1 Å². The van der Waals surface area contributed by atoms with E-state index < -0.39 is 48.2 Å². The number of ketones is 1. The Morgan fingerprint density at radius 1 is 1.02 bits per heavy atom. The van der Waals surface area contributed by atoms with Gasteiger partial charge < -0.3 is 56.0 Å². The fourth-order valence-electron chi connectivity index (χ4n) is 5.80. The van der Waals surface area contributed by atoms with Crippen molar-refractivity contribution in [3.8, 4) is 0 Å². The van der Waals surface area contributed by atoms with Gasteiger partial charge in [0.05, 0.1) is 57.2 Å². The standard InChI is InChI=1S/C37H52N6O11.H2O/c1-24(45)29(38)18-27-21-41-35-25(6-4-7-28(27)35)19-33(48)40-10-2-3-12-51-14-16-53-17-15-52-13-5-11-39-32(47)9-8-26-22-43(37(50)42-36(26)49)34-20-30(46)31(23-44)54-34;/h4,6-9,21-22,29-31,34,41,44,46H,2-3,5,10-20,23,38H2,1H3,(H,39,47)(H,40,48)(H,42,49,50);1H2/b9-8+;. The fourth-order valence-corrected chi connectivity index (χ4v) is 5.80. The number of aliphatic hydroxyl groups is 2. The van der Waals surface area contributed by atoms with Crippen LogP contribution in [0.15, 0.2) is 46.3 Å². The predicted octanol–water partition coefficient (Wildman–Crippen LogP) is -0.999. The Hall–Kier alpha value is -4.53. The number of nitrogens with two attached hydrogens (primary N) is 1. The molecule has 18 nitrogen and oxygen atoms in total. The van der Waals surface area contributed by atoms with E-state index in [2.05, 4.69) is 20.6 Å². The molecule has 0 aliphatic carbocycles. The molecule has 3 heterocycles. The largest absolute Gasteiger partial charge is 0.412 e. The Bertz CT molecular complexity index is 1820. The van der Waals surface area contributed by atoms with Gasteiger partial charge in [-0.05, 0) is 49.8 Å². The lowest BCUT2D eigenvalue weighted by Crippen LogP contribution is -2.33. The number of ether oxygens (including phenoxy) is 4. The number of para-hydroxylation sites is 1. The van der Waals surface area contributed by atoms with E-state index in [4.69, 9.17) is 24.7 Å². The molecule has 0 spiro atoms. The van der Waals surface area contributed by atoms with Gasteiger partial charge in [0, 0.05) is 62.1 Å². The van der Waals surface area contributed by atoms with Crippen molar-refractivity contribution in [2.24, 2.45) is 5.73 Å². The minimum Gasteiger partial charge on any atom is -0.412 e. The van der Waals surface area contributed by atoms with Crippen LogP contribution in [-0.4, -0.2) is 125 Å². The lowest BCUT2D eigenvalue weighted by molar-refractivity contribution is -0.120. The molecule has 4 rings (SSSR count). The Balaban J connectivity index is 0.00000812. The first-order chi connectivity index (χ1) is 26.1. The summed E-state index contributed by atoms with van der Waals surface area (Å²) in [6.45, 7) is 4.59. The van der Waals surface area contributed by atoms with Gasteiger partial charge in [-0.1, -0.05) is 18.2 Å². The summed E-state index contributed by atoms with van der Waals surface area (Å²) in [6.07, 6.45) is 5.79. The topological polar surface area (TPSA) is 281 Å². The molecule has 1 aromatic carbocycles. The number of amides is 2. The third-order valence-electron chi connectivity index (χ3n) is 8.85. The summed E-state index contributed by atoms with van der Waals surface area (Å²) in [6, 6.07) is 5.23. The maximum atomic E-state index is 12.5. The monoisotopic (exact) mass is 774 g/mol. The number of rotatable bonds is 24. The highest BCUT2D eigenvalue weighted by molar-refractivity contribution is 5.92. The Morgan fingerprint density at radius 3 is 2.40 bits per heavy atom. The van der Waals surface area contributed by atoms with Gasteiger partial charge in [0.25, 0.3) is 5.56 Å². The van der Waals surface area contributed by atoms with Crippen molar-refractivity contribution in [2.45, 2.75) is 69.9 Å². The zero-order valence-electron chi connectivity index (χ0n) is 31.1. The van der Waals surface area contributed by atoms with Gasteiger partial charge >= 0.3 is 5.69 Å². The molecule has 10 N–H and O–H groups in total. The van der Waals surface area contributed by atoms with Crippen molar-refractivity contribution in [1.29, 1.82) is 0 Å². The molecule has 0 saturated carbocycles. The summed E-state index contributed by atoms with van der Waals surface area (Å²) < 4.78 is 23.2. The van der Waals surface area contributed by atoms with E-state index in [1.54, 1.807) is 0 Å². The molecular formula is C37H54N6O12. The summed E-state index contributed by atoms with van der Waals surface area (Å²) >= 11 is 0. The summed E-state index contributed by atoms with van der Waals surface area (Å²) in [5, 5.41) is 25.8. The van der Waals surface area contributed by atoms with Crippen LogP contribution < -0.4 is 27.6 Å². The van der Waals surface area contributed by atoms with E-state index in [9.17, 15) is 34.2 Å². The first-order valence-corrected chi connectivity index (χ1v) is 18.2. The second-order valence-corrected chi connectivity index (χ2v) is 13.0. The second-order valence-electron chi connectivity index (χ2n) is 13.0. The van der Waals surface area contributed by atoms with E-state index in [0.29, 0.717) is 65.6 Å². The maximum absolute atomic E-state index is 12.5. The number of aliphatic hydroxyl groups excluding tert-OH is 2. The minimum atomic E-state index is -0.954. The van der Waals surface area contributed by atoms with Gasteiger partial charge in [-0.2, -0.15) is 0 Å². The van der Waals surface area contributed by atoms with Gasteiger partial charge in [-0.3, -0.25) is 28.7 Å². The van der Waals surface area contributed by atoms with Crippen molar-refractivity contribution in [1.82, 2.24) is 25.2 Å². The summed E-state index contributed by atoms with van der Waals surface area (Å²) in [5.74, 6) is -0.562. The summed E-state index contributed by atoms with van der Waals surface area (Å²) in [4.78, 5) is 66.1. The molecule has 4 atom stereocenters. The van der Waals surface area contributed by atoms with Crippen molar-refractivity contribution >= 4 is 34.6 Å². The van der Waals surface area contributed by atoms with Crippen LogP contribution in [0.5, 0.6) is 0 Å². The molecule has 1 aliphatic rings. The lowest BCUT2D eigenvalue weighted by Gasteiger charge is -2.14. The average molecular weight is 775 g/mol. The van der Waals surface area contributed by atoms with Crippen LogP contribution in [0.3, 0.4) is 0 Å². The highest BCUT2D eigenvalue weighted by Crippen LogP contribution is 2.27. The van der Waals surface area contributed by atoms with Crippen molar-refractivity contribution in [3.05, 3.63) is 74.2 Å². The molecule has 55 heavy (non-hydrogen) atoms. The molecule has 0 radical (unpaired) electrons. The van der Waals surface area contributed by atoms with Crippen LogP contribution in [0, 0.1) is 0 Å². The van der Waals surface area contributed by atoms with E-state index >= 15 is 0 Å². The van der Waals surface area contributed by atoms with E-state index in [0.717, 1.165) is 39.4 Å². The molecule has 2 aromatic heterocycles. The van der Waals surface area contributed by atoms with Crippen LogP contribution in [0.4, 0.5) is 0 Å². The van der Waals surface area contributed by atoms with Gasteiger partial charge in [0.15, 0.2) is 0 Å². The zero-order valence-corrected chi connectivity index (χ0v) is 31.1. The van der Waals surface area contributed by atoms with Crippen LogP contribution >= 0.6 is 0 Å². The van der Waals surface area contributed by atoms with Crippen molar-refractivity contribution < 1.29 is 49.0 Å². The number of nitrogens with zero attached hydrogens (tertiary/aromatic N) is 1. The number of H-pyrrole nitrogens is 2. The summed E-state index contributed by atoms with van der Waals surface area (Å²) in [7, 11) is 0.